The predicted octanol–water partition coefficient (Wildman–Crippen LogP) is 25.2. The van der Waals surface area contributed by atoms with Crippen molar-refractivity contribution in [3.8, 4) is 0 Å². The lowest BCUT2D eigenvalue weighted by Crippen LogP contribution is -2.45. The molecule has 85 heavy (non-hydrogen) atoms. The summed E-state index contributed by atoms with van der Waals surface area (Å²) < 4.78 is 5.48. The van der Waals surface area contributed by atoms with Crippen molar-refractivity contribution in [1.29, 1.82) is 0 Å². The number of carbonyl (C=O) groups excluding carboxylic acids is 2. The number of hydrogen-bond acceptors (Lipinski definition) is 5. The summed E-state index contributed by atoms with van der Waals surface area (Å²) in [4.78, 5) is 24.6. The molecule has 0 aliphatic heterocycles. The first-order valence-corrected chi connectivity index (χ1v) is 38.4. The predicted molar refractivity (Wildman–Crippen MR) is 375 cm³/mol. The molecule has 2 atom stereocenters. The van der Waals surface area contributed by atoms with Crippen LogP contribution >= 0.6 is 0 Å². The van der Waals surface area contributed by atoms with Crippen LogP contribution in [0.25, 0.3) is 0 Å². The van der Waals surface area contributed by atoms with Gasteiger partial charge in [0.25, 0.3) is 0 Å². The maximum Gasteiger partial charge on any atom is 0.305 e. The molecule has 0 rings (SSSR count). The first-order chi connectivity index (χ1) is 42.0. The van der Waals surface area contributed by atoms with Crippen LogP contribution in [0.4, 0.5) is 0 Å². The first kappa shape index (κ1) is 82.8. The molecule has 0 bridgehead atoms. The van der Waals surface area contributed by atoms with Crippen LogP contribution in [-0.2, 0) is 14.3 Å². The molecule has 6 heteroatoms. The topological polar surface area (TPSA) is 95.9 Å². The second kappa shape index (κ2) is 74.3. The Hall–Kier alpha value is -2.18. The van der Waals surface area contributed by atoms with Crippen LogP contribution in [0.5, 0.6) is 0 Å². The normalized spacial score (nSPS) is 12.8. The monoisotopic (exact) mass is 1190 g/mol. The minimum atomic E-state index is -0.845. The summed E-state index contributed by atoms with van der Waals surface area (Å²) in [5, 5.41) is 23.3. The zero-order valence-corrected chi connectivity index (χ0v) is 57.4. The van der Waals surface area contributed by atoms with Gasteiger partial charge in [0.1, 0.15) is 0 Å². The van der Waals surface area contributed by atoms with Gasteiger partial charge < -0.3 is 20.3 Å². The highest BCUT2D eigenvalue weighted by molar-refractivity contribution is 5.76. The van der Waals surface area contributed by atoms with Crippen molar-refractivity contribution in [1.82, 2.24) is 5.32 Å². The number of esters is 1. The van der Waals surface area contributed by atoms with Crippen LogP contribution in [-0.4, -0.2) is 47.4 Å². The Morgan fingerprint density at radius 3 is 0.953 bits per heavy atom. The Morgan fingerprint density at radius 2 is 0.612 bits per heavy atom. The van der Waals surface area contributed by atoms with Gasteiger partial charge in [0.2, 0.25) is 5.91 Å². The quantitative estimate of drug-likeness (QED) is 0.0320. The lowest BCUT2D eigenvalue weighted by atomic mass is 10.0. The third-order valence-corrected chi connectivity index (χ3v) is 17.8. The van der Waals surface area contributed by atoms with E-state index in [9.17, 15) is 19.8 Å². The van der Waals surface area contributed by atoms with Crippen LogP contribution < -0.4 is 5.32 Å². The average Bonchev–Trinajstić information content (AvgIpc) is 3.51. The Bertz CT molecular complexity index is 1420. The molecule has 0 spiro atoms. The third-order valence-electron chi connectivity index (χ3n) is 17.8. The minimum absolute atomic E-state index is 0.00227. The molecule has 0 fully saturated rings. The van der Waals surface area contributed by atoms with Crippen molar-refractivity contribution in [2.24, 2.45) is 0 Å². The molecule has 0 radical (unpaired) electrons. The molecule has 6 nitrogen and oxygen atoms in total. The highest BCUT2D eigenvalue weighted by Gasteiger charge is 2.18. The smallest absolute Gasteiger partial charge is 0.305 e. The molecular formula is C79H149NO5. The highest BCUT2D eigenvalue weighted by Crippen LogP contribution is 2.19. The Kier molecular flexibility index (Phi) is 72.4. The largest absolute Gasteiger partial charge is 0.466 e. The molecule has 0 saturated heterocycles. The van der Waals surface area contributed by atoms with E-state index in [0.717, 1.165) is 51.4 Å². The van der Waals surface area contributed by atoms with E-state index in [1.807, 2.05) is 6.08 Å². The number of unbranched alkanes of at least 4 members (excludes halogenated alkanes) is 55. The van der Waals surface area contributed by atoms with Gasteiger partial charge >= 0.3 is 5.97 Å². The number of aliphatic hydroxyl groups excluding tert-OH is 2. The number of amides is 1. The molecular weight excluding hydrogens is 1040 g/mol. The Morgan fingerprint density at radius 1 is 0.329 bits per heavy atom. The zero-order valence-electron chi connectivity index (χ0n) is 57.4. The van der Waals surface area contributed by atoms with Crippen LogP contribution in [0.15, 0.2) is 48.6 Å². The summed E-state index contributed by atoms with van der Waals surface area (Å²) in [7, 11) is 0. The van der Waals surface area contributed by atoms with Crippen molar-refractivity contribution in [2.75, 3.05) is 13.2 Å². The van der Waals surface area contributed by atoms with Crippen molar-refractivity contribution in [2.45, 2.75) is 431 Å². The third kappa shape index (κ3) is 70.8. The van der Waals surface area contributed by atoms with Gasteiger partial charge in [-0.1, -0.05) is 371 Å². The molecule has 500 valence electrons. The molecule has 0 aliphatic rings. The van der Waals surface area contributed by atoms with Crippen LogP contribution in [0.2, 0.25) is 0 Å². The van der Waals surface area contributed by atoms with E-state index >= 15 is 0 Å². The summed E-state index contributed by atoms with van der Waals surface area (Å²) >= 11 is 0. The van der Waals surface area contributed by atoms with Gasteiger partial charge in [0, 0.05) is 12.8 Å². The summed E-state index contributed by atoms with van der Waals surface area (Å²) in [5.74, 6) is -0.0593. The second-order valence-corrected chi connectivity index (χ2v) is 26.3. The van der Waals surface area contributed by atoms with E-state index in [0.29, 0.717) is 19.4 Å². The number of carbonyl (C=O) groups is 2. The van der Waals surface area contributed by atoms with Gasteiger partial charge in [-0.15, -0.1) is 0 Å². The van der Waals surface area contributed by atoms with E-state index < -0.39 is 12.1 Å². The van der Waals surface area contributed by atoms with Gasteiger partial charge in [0.15, 0.2) is 0 Å². The van der Waals surface area contributed by atoms with Gasteiger partial charge in [-0.3, -0.25) is 9.59 Å². The number of aliphatic hydroxyl groups is 2. The lowest BCUT2D eigenvalue weighted by molar-refractivity contribution is -0.143. The molecule has 0 aromatic carbocycles. The molecule has 2 unspecified atom stereocenters. The molecule has 0 saturated carbocycles. The average molecular weight is 1190 g/mol. The van der Waals surface area contributed by atoms with Crippen molar-refractivity contribution in [3.05, 3.63) is 48.6 Å². The van der Waals surface area contributed by atoms with E-state index in [4.69, 9.17) is 4.74 Å². The summed E-state index contributed by atoms with van der Waals surface area (Å²) in [6.07, 6.45) is 97.9. The fraction of sp³-hybridized carbons (Fsp3) is 0.873. The van der Waals surface area contributed by atoms with Crippen LogP contribution in [0.3, 0.4) is 0 Å². The maximum absolute atomic E-state index is 12.6. The van der Waals surface area contributed by atoms with Crippen LogP contribution in [0.1, 0.15) is 418 Å². The van der Waals surface area contributed by atoms with Crippen molar-refractivity contribution in [3.63, 3.8) is 0 Å². The van der Waals surface area contributed by atoms with E-state index in [2.05, 4.69) is 55.6 Å². The summed E-state index contributed by atoms with van der Waals surface area (Å²) in [6.45, 7) is 4.87. The summed E-state index contributed by atoms with van der Waals surface area (Å²) in [6, 6.07) is -0.628. The van der Waals surface area contributed by atoms with Crippen LogP contribution in [0, 0.1) is 0 Å². The van der Waals surface area contributed by atoms with E-state index in [1.165, 1.54) is 340 Å². The molecule has 3 N–H and O–H groups in total. The SMILES string of the molecule is CCC/C=C\C/C=C\CCCCCCCC(=O)OCCCCCCCCCCCCCC/C=C\CCCCCCCCCCCCCCCCCC(=O)NC(CO)C(O)/C=C/CCCCCCCCCCCCCCCCCCCCCCCC. The minimum Gasteiger partial charge on any atom is -0.466 e. The molecule has 0 heterocycles. The van der Waals surface area contributed by atoms with Gasteiger partial charge in [-0.25, -0.2) is 0 Å². The van der Waals surface area contributed by atoms with E-state index in [1.54, 1.807) is 6.08 Å². The number of ether oxygens (including phenoxy) is 1. The number of hydrogen-bond donors (Lipinski definition) is 3. The van der Waals surface area contributed by atoms with Gasteiger partial charge in [0.05, 0.1) is 25.4 Å². The van der Waals surface area contributed by atoms with Crippen molar-refractivity contribution >= 4 is 11.9 Å². The number of nitrogens with one attached hydrogen (secondary N) is 1. The summed E-state index contributed by atoms with van der Waals surface area (Å²) in [5.41, 5.74) is 0. The fourth-order valence-corrected chi connectivity index (χ4v) is 12.0. The highest BCUT2D eigenvalue weighted by atomic mass is 16.5. The van der Waals surface area contributed by atoms with Gasteiger partial charge in [-0.2, -0.15) is 0 Å². The second-order valence-electron chi connectivity index (χ2n) is 26.3. The zero-order chi connectivity index (χ0) is 61.3. The fourth-order valence-electron chi connectivity index (χ4n) is 12.0. The first-order valence-electron chi connectivity index (χ1n) is 38.4. The van der Waals surface area contributed by atoms with Gasteiger partial charge in [-0.05, 0) is 83.5 Å². The van der Waals surface area contributed by atoms with E-state index in [-0.39, 0.29) is 18.5 Å². The van der Waals surface area contributed by atoms with Crippen molar-refractivity contribution < 1.29 is 24.5 Å². The molecule has 0 aromatic rings. The Balaban J connectivity index is 3.40. The maximum atomic E-state index is 12.6. The Labute approximate surface area is 531 Å². The lowest BCUT2D eigenvalue weighted by Gasteiger charge is -2.20. The number of rotatable bonds is 72. The number of allylic oxidation sites excluding steroid dienone is 7. The molecule has 0 aliphatic carbocycles. The standard InChI is InChI=1S/C79H149NO5/c1-3-5-7-9-11-13-15-17-18-19-20-21-22-32-35-38-41-44-48-51-55-59-63-67-71-77(82)76(75-81)80-78(83)72-68-64-60-56-52-49-45-42-39-36-33-30-28-26-24-23-25-27-29-31-34-37-40-43-46-50-54-58-62-66-70-74-85-79(84)73-69-65-61-57-53-47-16-14-12-10-8-6-4-2/h8,10,14,16,25,27,67,71,76-77,81-82H,3-7,9,11-13,15,17-24,26,28-66,68-70,72-75H2,1-2H3,(H,80,83)/b10-8-,16-14-,27-25-,71-67+. The molecule has 1 amide bonds. The molecule has 0 aromatic heterocycles.